The molecule has 14 heavy (non-hydrogen) atoms. The molecule has 0 bridgehead atoms. The second-order valence-electron chi connectivity index (χ2n) is 4.36. The van der Waals surface area contributed by atoms with E-state index in [1.165, 1.54) is 0 Å². The van der Waals surface area contributed by atoms with Crippen LogP contribution in [0.2, 0.25) is 0 Å². The van der Waals surface area contributed by atoms with E-state index in [1.54, 1.807) is 0 Å². The van der Waals surface area contributed by atoms with E-state index >= 15 is 0 Å². The van der Waals surface area contributed by atoms with Crippen molar-refractivity contribution in [3.8, 4) is 0 Å². The Bertz CT molecular complexity index is 331. The lowest BCUT2D eigenvalue weighted by molar-refractivity contribution is 0.425. The molecule has 2 N–H and O–H groups in total. The predicted octanol–water partition coefficient (Wildman–Crippen LogP) is 1.43. The third kappa shape index (κ3) is 2.59. The van der Waals surface area contributed by atoms with Gasteiger partial charge in [0, 0.05) is 4.47 Å². The van der Waals surface area contributed by atoms with Crippen LogP contribution in [0.5, 0.6) is 0 Å². The highest BCUT2D eigenvalue weighted by Crippen LogP contribution is 2.22. The highest BCUT2D eigenvalue weighted by Gasteiger charge is 2.19. The first-order valence-corrected chi connectivity index (χ1v) is 5.28. The number of halogens is 1. The second kappa shape index (κ2) is 4.05. The van der Waals surface area contributed by atoms with E-state index in [1.807, 2.05) is 18.2 Å². The maximum atomic E-state index is 9.12. The Kier molecular flexibility index (Phi) is 3.40. The molecule has 1 aromatic carbocycles. The van der Waals surface area contributed by atoms with E-state index in [4.69, 9.17) is 10.0 Å². The van der Waals surface area contributed by atoms with Gasteiger partial charge in [-0.05, 0) is 22.5 Å². The molecule has 0 unspecified atom stereocenters. The van der Waals surface area contributed by atoms with E-state index < -0.39 is 7.12 Å². The Hall–Kier alpha value is -0.315. The van der Waals surface area contributed by atoms with Gasteiger partial charge in [0.25, 0.3) is 0 Å². The van der Waals surface area contributed by atoms with Crippen LogP contribution in [0, 0.1) is 0 Å². The summed E-state index contributed by atoms with van der Waals surface area (Å²) >= 11 is 3.28. The standard InChI is InChI=1S/C10H14BBrO2/c1-10(2,3)7-4-5-9(12)8(6-7)11(13)14/h4-6,13-14H,1-3H3. The summed E-state index contributed by atoms with van der Waals surface area (Å²) in [5.41, 5.74) is 1.62. The van der Waals surface area contributed by atoms with Crippen LogP contribution in [0.1, 0.15) is 26.3 Å². The lowest BCUT2D eigenvalue weighted by Gasteiger charge is -2.20. The van der Waals surface area contributed by atoms with Gasteiger partial charge in [0.05, 0.1) is 0 Å². The van der Waals surface area contributed by atoms with Gasteiger partial charge in [0.2, 0.25) is 0 Å². The van der Waals surface area contributed by atoms with Crippen LogP contribution in [0.4, 0.5) is 0 Å². The molecule has 1 rings (SSSR count). The topological polar surface area (TPSA) is 40.5 Å². The van der Waals surface area contributed by atoms with Crippen molar-refractivity contribution in [2.75, 3.05) is 0 Å². The molecule has 0 saturated heterocycles. The lowest BCUT2D eigenvalue weighted by Crippen LogP contribution is -2.32. The molecule has 0 fully saturated rings. The first-order valence-electron chi connectivity index (χ1n) is 4.48. The van der Waals surface area contributed by atoms with Gasteiger partial charge in [-0.25, -0.2) is 0 Å². The molecule has 0 aliphatic carbocycles. The minimum atomic E-state index is -1.42. The molecule has 0 saturated carbocycles. The minimum Gasteiger partial charge on any atom is -0.423 e. The van der Waals surface area contributed by atoms with Crippen LogP contribution in [-0.4, -0.2) is 17.2 Å². The summed E-state index contributed by atoms with van der Waals surface area (Å²) in [6.07, 6.45) is 0. The zero-order chi connectivity index (χ0) is 10.9. The quantitative estimate of drug-likeness (QED) is 0.747. The zero-order valence-corrected chi connectivity index (χ0v) is 10.2. The van der Waals surface area contributed by atoms with Crippen molar-refractivity contribution in [2.24, 2.45) is 0 Å². The van der Waals surface area contributed by atoms with Gasteiger partial charge in [-0.2, -0.15) is 0 Å². The van der Waals surface area contributed by atoms with Crippen LogP contribution in [-0.2, 0) is 5.41 Å². The van der Waals surface area contributed by atoms with Crippen LogP contribution >= 0.6 is 15.9 Å². The highest BCUT2D eigenvalue weighted by molar-refractivity contribution is 9.10. The largest absolute Gasteiger partial charge is 0.489 e. The summed E-state index contributed by atoms with van der Waals surface area (Å²) in [6, 6.07) is 5.64. The van der Waals surface area contributed by atoms with Gasteiger partial charge in [0.1, 0.15) is 0 Å². The highest BCUT2D eigenvalue weighted by atomic mass is 79.9. The average Bonchev–Trinajstić information content (AvgIpc) is 2.02. The minimum absolute atomic E-state index is 0.0182. The smallest absolute Gasteiger partial charge is 0.423 e. The molecule has 0 atom stereocenters. The normalized spacial score (nSPS) is 11.6. The van der Waals surface area contributed by atoms with Crippen LogP contribution in [0.25, 0.3) is 0 Å². The fourth-order valence-electron chi connectivity index (χ4n) is 1.21. The predicted molar refractivity (Wildman–Crippen MR) is 62.7 cm³/mol. The first kappa shape index (κ1) is 11.8. The lowest BCUT2D eigenvalue weighted by atomic mass is 9.76. The summed E-state index contributed by atoms with van der Waals surface area (Å²) in [4.78, 5) is 0. The summed E-state index contributed by atoms with van der Waals surface area (Å²) in [5.74, 6) is 0. The van der Waals surface area contributed by atoms with Crippen molar-refractivity contribution >= 4 is 28.5 Å². The number of benzene rings is 1. The maximum Gasteiger partial charge on any atom is 0.489 e. The number of hydrogen-bond donors (Lipinski definition) is 2. The summed E-state index contributed by atoms with van der Waals surface area (Å²) in [7, 11) is -1.42. The molecule has 2 nitrogen and oxygen atoms in total. The van der Waals surface area contributed by atoms with Gasteiger partial charge in [-0.1, -0.05) is 48.8 Å². The van der Waals surface area contributed by atoms with Crippen molar-refractivity contribution in [3.05, 3.63) is 28.2 Å². The molecule has 0 radical (unpaired) electrons. The Morgan fingerprint density at radius 1 is 1.21 bits per heavy atom. The van der Waals surface area contributed by atoms with Crippen molar-refractivity contribution in [2.45, 2.75) is 26.2 Å². The van der Waals surface area contributed by atoms with Crippen molar-refractivity contribution in [1.29, 1.82) is 0 Å². The van der Waals surface area contributed by atoms with Gasteiger partial charge < -0.3 is 10.0 Å². The molecule has 0 aliphatic rings. The van der Waals surface area contributed by atoms with E-state index in [9.17, 15) is 0 Å². The van der Waals surface area contributed by atoms with Crippen molar-refractivity contribution in [3.63, 3.8) is 0 Å². The average molecular weight is 257 g/mol. The summed E-state index contributed by atoms with van der Waals surface area (Å²) < 4.78 is 0.723. The molecule has 0 aromatic heterocycles. The molecule has 0 heterocycles. The summed E-state index contributed by atoms with van der Waals surface area (Å²) in [5, 5.41) is 18.2. The zero-order valence-electron chi connectivity index (χ0n) is 8.58. The molecular formula is C10H14BBrO2. The van der Waals surface area contributed by atoms with Gasteiger partial charge in [-0.3, -0.25) is 0 Å². The van der Waals surface area contributed by atoms with E-state index in [0.717, 1.165) is 10.0 Å². The first-order chi connectivity index (χ1) is 6.32. The van der Waals surface area contributed by atoms with Gasteiger partial charge in [0.15, 0.2) is 0 Å². The summed E-state index contributed by atoms with van der Waals surface area (Å²) in [6.45, 7) is 6.26. The fourth-order valence-corrected chi connectivity index (χ4v) is 1.66. The van der Waals surface area contributed by atoms with Crippen LogP contribution in [0.15, 0.2) is 22.7 Å². The SMILES string of the molecule is CC(C)(C)c1ccc(Br)c(B(O)O)c1. The van der Waals surface area contributed by atoms with E-state index in [2.05, 4.69) is 36.7 Å². The monoisotopic (exact) mass is 256 g/mol. The van der Waals surface area contributed by atoms with E-state index in [-0.39, 0.29) is 5.41 Å². The van der Waals surface area contributed by atoms with Crippen molar-refractivity contribution in [1.82, 2.24) is 0 Å². The Labute approximate surface area is 93.2 Å². The Balaban J connectivity index is 3.20. The second-order valence-corrected chi connectivity index (χ2v) is 5.21. The molecule has 1 aromatic rings. The van der Waals surface area contributed by atoms with Crippen LogP contribution < -0.4 is 5.46 Å². The van der Waals surface area contributed by atoms with Crippen LogP contribution in [0.3, 0.4) is 0 Å². The molecule has 0 amide bonds. The maximum absolute atomic E-state index is 9.12. The molecule has 4 heteroatoms. The Morgan fingerprint density at radius 3 is 2.21 bits per heavy atom. The number of hydrogen-bond acceptors (Lipinski definition) is 2. The fraction of sp³-hybridized carbons (Fsp3) is 0.400. The van der Waals surface area contributed by atoms with Gasteiger partial charge in [-0.15, -0.1) is 0 Å². The molecular weight excluding hydrogens is 243 g/mol. The number of rotatable bonds is 1. The third-order valence-electron chi connectivity index (χ3n) is 2.14. The van der Waals surface area contributed by atoms with E-state index in [0.29, 0.717) is 5.46 Å². The molecule has 0 spiro atoms. The molecule has 76 valence electrons. The molecule has 0 aliphatic heterocycles. The third-order valence-corrected chi connectivity index (χ3v) is 2.86. The van der Waals surface area contributed by atoms with Gasteiger partial charge >= 0.3 is 7.12 Å². The van der Waals surface area contributed by atoms with Crippen molar-refractivity contribution < 1.29 is 10.0 Å². The Morgan fingerprint density at radius 2 is 1.79 bits per heavy atom.